The highest BCUT2D eigenvalue weighted by Gasteiger charge is 2.49. The summed E-state index contributed by atoms with van der Waals surface area (Å²) in [5, 5.41) is 24.1. The zero-order valence-corrected chi connectivity index (χ0v) is 25.1. The van der Waals surface area contributed by atoms with E-state index in [9.17, 15) is 20.0 Å². The van der Waals surface area contributed by atoms with E-state index in [4.69, 9.17) is 18.9 Å². The SMILES string of the molecule is COC(=O)C(C)(C)C1c2ccc[n+]([O-])c2Oc2c1ccc[n+]2[O-].COC(=O)C(C)(C)C1c2cccnc2Oc2ncccc21. The number of pyridine rings is 4. The van der Waals surface area contributed by atoms with Crippen molar-refractivity contribution in [1.82, 2.24) is 9.97 Å². The molecule has 0 spiro atoms. The zero-order valence-electron chi connectivity index (χ0n) is 25.1. The van der Waals surface area contributed by atoms with Gasteiger partial charge in [-0.05, 0) is 52.0 Å². The molecule has 0 bridgehead atoms. The molecule has 0 radical (unpaired) electrons. The van der Waals surface area contributed by atoms with E-state index in [2.05, 4.69) is 9.97 Å². The standard InChI is InChI=1S/C16H16N2O5.C16H16N2O3/c1-16(2,15(19)22-3)12-10-6-4-8-17(20)13(10)23-14-11(12)7-5-9-18(14)21;1-16(2,15(19)20-3)12-10-6-4-8-17-13(10)21-14-11(12)7-5-9-18-14/h4-9,12H,1-3H3;4-9,12H,1-3H3. The van der Waals surface area contributed by atoms with Crippen molar-refractivity contribution < 1.29 is 38.0 Å². The molecule has 12 nitrogen and oxygen atoms in total. The molecular weight excluding hydrogens is 568 g/mol. The van der Waals surface area contributed by atoms with Gasteiger partial charge in [0.2, 0.25) is 11.8 Å². The molecule has 0 saturated heterocycles. The van der Waals surface area contributed by atoms with Gasteiger partial charge in [0.25, 0.3) is 0 Å². The lowest BCUT2D eigenvalue weighted by Crippen LogP contribution is -2.42. The van der Waals surface area contributed by atoms with Gasteiger partial charge < -0.3 is 29.4 Å². The minimum absolute atomic E-state index is 0.00206. The Hall–Kier alpha value is -5.26. The van der Waals surface area contributed by atoms with Crippen LogP contribution in [0.15, 0.2) is 73.3 Å². The van der Waals surface area contributed by atoms with E-state index in [1.807, 2.05) is 38.1 Å². The second-order valence-corrected chi connectivity index (χ2v) is 11.5. The molecule has 0 unspecified atom stereocenters. The molecule has 2 aliphatic rings. The number of ether oxygens (including phenoxy) is 4. The van der Waals surface area contributed by atoms with Crippen LogP contribution in [0.2, 0.25) is 0 Å². The van der Waals surface area contributed by atoms with E-state index >= 15 is 0 Å². The van der Waals surface area contributed by atoms with Crippen LogP contribution in [0.4, 0.5) is 0 Å². The summed E-state index contributed by atoms with van der Waals surface area (Å²) in [6.45, 7) is 7.16. The van der Waals surface area contributed by atoms with Gasteiger partial charge >= 0.3 is 23.7 Å². The van der Waals surface area contributed by atoms with Gasteiger partial charge in [-0.2, -0.15) is 0 Å². The monoisotopic (exact) mass is 600 g/mol. The average molecular weight is 601 g/mol. The van der Waals surface area contributed by atoms with Crippen molar-refractivity contribution >= 4 is 11.9 Å². The van der Waals surface area contributed by atoms with E-state index in [1.54, 1.807) is 50.5 Å². The summed E-state index contributed by atoms with van der Waals surface area (Å²) in [5.41, 5.74) is 1.06. The van der Waals surface area contributed by atoms with Crippen LogP contribution in [0.5, 0.6) is 23.5 Å². The second-order valence-electron chi connectivity index (χ2n) is 11.5. The van der Waals surface area contributed by atoms with Crippen LogP contribution in [0.1, 0.15) is 61.8 Å². The maximum atomic E-state index is 12.3. The minimum atomic E-state index is -0.995. The minimum Gasteiger partial charge on any atom is -0.616 e. The van der Waals surface area contributed by atoms with Crippen LogP contribution in [0, 0.1) is 21.2 Å². The van der Waals surface area contributed by atoms with Crippen molar-refractivity contribution in [2.75, 3.05) is 14.2 Å². The Labute approximate surface area is 254 Å². The Morgan fingerprint density at radius 3 is 1.48 bits per heavy atom. The van der Waals surface area contributed by atoms with Crippen LogP contribution >= 0.6 is 0 Å². The Kier molecular flexibility index (Phi) is 7.85. The van der Waals surface area contributed by atoms with Crippen LogP contribution < -0.4 is 18.9 Å². The highest BCUT2D eigenvalue weighted by Crippen LogP contribution is 2.51. The van der Waals surface area contributed by atoms with E-state index in [0.717, 1.165) is 11.1 Å². The first-order valence-electron chi connectivity index (χ1n) is 13.8. The molecular formula is C32H32N4O8. The number of rotatable bonds is 4. The normalized spacial score (nSPS) is 13.8. The van der Waals surface area contributed by atoms with Gasteiger partial charge in [-0.3, -0.25) is 9.59 Å². The molecule has 6 rings (SSSR count). The molecule has 12 heteroatoms. The average Bonchev–Trinajstić information content (AvgIpc) is 3.02. The summed E-state index contributed by atoms with van der Waals surface area (Å²) in [6.07, 6.45) is 5.89. The molecule has 0 N–H and O–H groups in total. The number of carbonyl (C=O) groups excluding carboxylic acids is 2. The van der Waals surface area contributed by atoms with Gasteiger partial charge in [0.05, 0.1) is 36.2 Å². The highest BCUT2D eigenvalue weighted by molar-refractivity contribution is 5.79. The van der Waals surface area contributed by atoms with Gasteiger partial charge in [0, 0.05) is 47.5 Å². The Balaban J connectivity index is 0.000000175. The van der Waals surface area contributed by atoms with Gasteiger partial charge in [0.15, 0.2) is 12.4 Å². The molecule has 4 aromatic heterocycles. The van der Waals surface area contributed by atoms with Crippen molar-refractivity contribution in [3.8, 4) is 23.5 Å². The van der Waals surface area contributed by atoms with Crippen LogP contribution in [0.3, 0.4) is 0 Å². The second kappa shape index (κ2) is 11.4. The summed E-state index contributed by atoms with van der Waals surface area (Å²) < 4.78 is 22.2. The van der Waals surface area contributed by atoms with E-state index in [1.165, 1.54) is 26.6 Å². The molecule has 0 amide bonds. The van der Waals surface area contributed by atoms with Gasteiger partial charge in [-0.1, -0.05) is 12.1 Å². The molecule has 6 heterocycles. The Morgan fingerprint density at radius 1 is 0.682 bits per heavy atom. The fourth-order valence-electron chi connectivity index (χ4n) is 5.88. The van der Waals surface area contributed by atoms with Gasteiger partial charge in [0.1, 0.15) is 0 Å². The summed E-state index contributed by atoms with van der Waals surface area (Å²) in [4.78, 5) is 33.0. The maximum absolute atomic E-state index is 12.3. The highest BCUT2D eigenvalue weighted by atomic mass is 16.6. The zero-order chi connectivity index (χ0) is 31.8. The van der Waals surface area contributed by atoms with Crippen molar-refractivity contribution in [1.29, 1.82) is 0 Å². The summed E-state index contributed by atoms with van der Waals surface area (Å²) in [7, 11) is 2.71. The number of hydrogen-bond acceptors (Lipinski definition) is 10. The predicted octanol–water partition coefficient (Wildman–Crippen LogP) is 4.30. The lowest BCUT2D eigenvalue weighted by atomic mass is 9.71. The first-order chi connectivity index (χ1) is 20.9. The summed E-state index contributed by atoms with van der Waals surface area (Å²) in [5.74, 6) is -0.502. The lowest BCUT2D eigenvalue weighted by molar-refractivity contribution is -0.635. The number of esters is 2. The summed E-state index contributed by atoms with van der Waals surface area (Å²) in [6, 6.07) is 14.1. The van der Waals surface area contributed by atoms with Gasteiger partial charge in [-0.15, -0.1) is 9.46 Å². The number of aromatic nitrogens is 4. The molecule has 0 fully saturated rings. The predicted molar refractivity (Wildman–Crippen MR) is 155 cm³/mol. The molecule has 0 atom stereocenters. The largest absolute Gasteiger partial charge is 0.616 e. The molecule has 0 saturated carbocycles. The fourth-order valence-corrected chi connectivity index (χ4v) is 5.88. The first kappa shape index (κ1) is 30.2. The van der Waals surface area contributed by atoms with Crippen molar-refractivity contribution in [3.63, 3.8) is 0 Å². The van der Waals surface area contributed by atoms with E-state index in [0.29, 0.717) is 32.3 Å². The topological polar surface area (TPSA) is 151 Å². The number of methoxy groups -OCH3 is 2. The smallest absolute Gasteiger partial charge is 0.393 e. The number of nitrogens with zero attached hydrogens (tertiary/aromatic N) is 4. The molecule has 2 aliphatic heterocycles. The maximum Gasteiger partial charge on any atom is 0.393 e. The summed E-state index contributed by atoms with van der Waals surface area (Å²) >= 11 is 0. The Bertz CT molecular complexity index is 1640. The molecule has 4 aromatic rings. The number of fused-ring (bicyclic) bond motifs is 4. The lowest BCUT2D eigenvalue weighted by Gasteiger charge is -2.35. The number of hydrogen-bond donors (Lipinski definition) is 0. The molecule has 228 valence electrons. The van der Waals surface area contributed by atoms with Crippen LogP contribution in [0.25, 0.3) is 0 Å². The van der Waals surface area contributed by atoms with E-state index < -0.39 is 22.7 Å². The third-order valence-corrected chi connectivity index (χ3v) is 7.99. The quantitative estimate of drug-likeness (QED) is 0.188. The molecule has 0 aliphatic carbocycles. The van der Waals surface area contributed by atoms with Crippen LogP contribution in [-0.4, -0.2) is 36.1 Å². The van der Waals surface area contributed by atoms with Gasteiger partial charge in [-0.25, -0.2) is 9.97 Å². The first-order valence-corrected chi connectivity index (χ1v) is 13.8. The number of carbonyl (C=O) groups is 2. The van der Waals surface area contributed by atoms with Crippen LogP contribution in [-0.2, 0) is 19.1 Å². The molecule has 44 heavy (non-hydrogen) atoms. The van der Waals surface area contributed by atoms with Crippen molar-refractivity contribution in [3.05, 3.63) is 106 Å². The Morgan fingerprint density at radius 2 is 1.07 bits per heavy atom. The van der Waals surface area contributed by atoms with E-state index in [-0.39, 0.29) is 23.6 Å². The third kappa shape index (κ3) is 5.01. The fraction of sp³-hybridized carbons (Fsp3) is 0.312. The van der Waals surface area contributed by atoms with Crippen molar-refractivity contribution in [2.45, 2.75) is 39.5 Å². The molecule has 0 aromatic carbocycles. The third-order valence-electron chi connectivity index (χ3n) is 7.99. The van der Waals surface area contributed by atoms with Crippen molar-refractivity contribution in [2.24, 2.45) is 10.8 Å².